The Hall–Kier alpha value is -1.02. The molecule has 1 aromatic rings. The fourth-order valence-electron chi connectivity index (χ4n) is 3.04. The van der Waals surface area contributed by atoms with Gasteiger partial charge in [0.15, 0.2) is 0 Å². The number of rotatable bonds is 3. The number of nitrogens with two attached hydrogens (primary N) is 1. The van der Waals surface area contributed by atoms with Gasteiger partial charge in [-0.2, -0.15) is 0 Å². The summed E-state index contributed by atoms with van der Waals surface area (Å²) in [4.78, 5) is 2.56. The van der Waals surface area contributed by atoms with E-state index in [0.29, 0.717) is 0 Å². The Kier molecular flexibility index (Phi) is 3.67. The summed E-state index contributed by atoms with van der Waals surface area (Å²) in [6, 6.07) is 7.01. The first-order chi connectivity index (χ1) is 8.40. The van der Waals surface area contributed by atoms with Crippen LogP contribution in [0.25, 0.3) is 0 Å². The first-order valence-electron chi connectivity index (χ1n) is 7.03. The number of benzene rings is 1. The lowest BCUT2D eigenvalue weighted by Gasteiger charge is -2.35. The van der Waals surface area contributed by atoms with Gasteiger partial charge in [-0.25, -0.2) is 0 Å². The zero-order chi connectivity index (χ0) is 13.3. The molecule has 2 rings (SSSR count). The van der Waals surface area contributed by atoms with E-state index in [4.69, 9.17) is 5.73 Å². The monoisotopic (exact) mass is 246 g/mol. The maximum absolute atomic E-state index is 5.99. The molecule has 2 heteroatoms. The van der Waals surface area contributed by atoms with Crippen LogP contribution in [0.1, 0.15) is 44.7 Å². The summed E-state index contributed by atoms with van der Waals surface area (Å²) >= 11 is 0. The minimum atomic E-state index is 0.219. The van der Waals surface area contributed by atoms with Gasteiger partial charge in [0.25, 0.3) is 0 Å². The second-order valence-electron chi connectivity index (χ2n) is 6.38. The van der Waals surface area contributed by atoms with Gasteiger partial charge in [-0.1, -0.05) is 17.7 Å². The van der Waals surface area contributed by atoms with Crippen molar-refractivity contribution in [2.24, 2.45) is 5.73 Å². The van der Waals surface area contributed by atoms with Crippen LogP contribution < -0.4 is 10.6 Å². The summed E-state index contributed by atoms with van der Waals surface area (Å²) in [5.41, 5.74) is 10.4. The Morgan fingerprint density at radius 3 is 2.67 bits per heavy atom. The minimum Gasteiger partial charge on any atom is -0.366 e. The normalized spacial score (nSPS) is 20.2. The average molecular weight is 246 g/mol. The second-order valence-corrected chi connectivity index (χ2v) is 6.38. The Balaban J connectivity index is 2.37. The molecule has 1 heterocycles. The molecule has 1 fully saturated rings. The molecule has 1 unspecified atom stereocenters. The number of hydrogen-bond donors (Lipinski definition) is 1. The highest BCUT2D eigenvalue weighted by Crippen LogP contribution is 2.36. The van der Waals surface area contributed by atoms with Gasteiger partial charge in [0.05, 0.1) is 0 Å². The smallest absolute Gasteiger partial charge is 0.0403 e. The van der Waals surface area contributed by atoms with Crippen LogP contribution in [0.4, 0.5) is 5.69 Å². The summed E-state index contributed by atoms with van der Waals surface area (Å²) in [5, 5.41) is 0. The highest BCUT2D eigenvalue weighted by Gasteiger charge is 2.32. The summed E-state index contributed by atoms with van der Waals surface area (Å²) in [7, 11) is 0. The second kappa shape index (κ2) is 4.93. The Morgan fingerprint density at radius 2 is 2.11 bits per heavy atom. The van der Waals surface area contributed by atoms with Crippen LogP contribution in [0.2, 0.25) is 0 Å². The molecule has 2 nitrogen and oxygen atoms in total. The Labute approximate surface area is 111 Å². The van der Waals surface area contributed by atoms with E-state index in [9.17, 15) is 0 Å². The van der Waals surface area contributed by atoms with Crippen LogP contribution in [0.5, 0.6) is 0 Å². The molecule has 0 saturated carbocycles. The van der Waals surface area contributed by atoms with E-state index in [1.165, 1.54) is 36.2 Å². The minimum absolute atomic E-state index is 0.219. The maximum Gasteiger partial charge on any atom is 0.0403 e. The third-order valence-corrected chi connectivity index (χ3v) is 3.97. The molecule has 1 saturated heterocycles. The van der Waals surface area contributed by atoms with Crippen LogP contribution >= 0.6 is 0 Å². The van der Waals surface area contributed by atoms with Crippen LogP contribution in [0, 0.1) is 6.92 Å². The fraction of sp³-hybridized carbons (Fsp3) is 0.625. The van der Waals surface area contributed by atoms with Gasteiger partial charge in [-0.15, -0.1) is 0 Å². The molecule has 0 bridgehead atoms. The van der Waals surface area contributed by atoms with Gasteiger partial charge in [0.2, 0.25) is 0 Å². The molecular formula is C16H26N2. The summed E-state index contributed by atoms with van der Waals surface area (Å²) in [5.74, 6) is 0. The highest BCUT2D eigenvalue weighted by atomic mass is 15.2. The van der Waals surface area contributed by atoms with E-state index >= 15 is 0 Å². The van der Waals surface area contributed by atoms with Gasteiger partial charge in [0.1, 0.15) is 0 Å². The predicted octanol–water partition coefficient (Wildman–Crippen LogP) is 3.26. The van der Waals surface area contributed by atoms with Gasteiger partial charge in [-0.05, 0) is 58.6 Å². The highest BCUT2D eigenvalue weighted by molar-refractivity contribution is 5.57. The van der Waals surface area contributed by atoms with E-state index in [1.54, 1.807) is 0 Å². The van der Waals surface area contributed by atoms with Crippen molar-refractivity contribution in [1.29, 1.82) is 0 Å². The van der Waals surface area contributed by atoms with Crippen molar-refractivity contribution in [2.45, 2.75) is 58.5 Å². The largest absolute Gasteiger partial charge is 0.366 e. The third-order valence-electron chi connectivity index (χ3n) is 3.97. The van der Waals surface area contributed by atoms with E-state index < -0.39 is 0 Å². The zero-order valence-electron chi connectivity index (χ0n) is 12.2. The van der Waals surface area contributed by atoms with Crippen molar-refractivity contribution in [2.75, 3.05) is 11.4 Å². The lowest BCUT2D eigenvalue weighted by atomic mass is 9.97. The van der Waals surface area contributed by atoms with Gasteiger partial charge >= 0.3 is 0 Å². The molecule has 0 aromatic heterocycles. The number of anilines is 1. The molecule has 18 heavy (non-hydrogen) atoms. The van der Waals surface area contributed by atoms with Crippen molar-refractivity contribution in [3.8, 4) is 0 Å². The summed E-state index contributed by atoms with van der Waals surface area (Å²) < 4.78 is 0. The lowest BCUT2D eigenvalue weighted by Crippen LogP contribution is -2.39. The molecule has 1 atom stereocenters. The van der Waals surface area contributed by atoms with E-state index in [-0.39, 0.29) is 11.6 Å². The van der Waals surface area contributed by atoms with Crippen molar-refractivity contribution < 1.29 is 0 Å². The fourth-order valence-corrected chi connectivity index (χ4v) is 3.04. The molecule has 0 radical (unpaired) electrons. The predicted molar refractivity (Wildman–Crippen MR) is 79.2 cm³/mol. The van der Waals surface area contributed by atoms with E-state index in [2.05, 4.69) is 50.8 Å². The molecular weight excluding hydrogens is 220 g/mol. The van der Waals surface area contributed by atoms with Gasteiger partial charge in [-0.3, -0.25) is 0 Å². The SMILES string of the molecule is Cc1ccc(N2CCCC2(C)C)c(CC(C)N)c1. The molecule has 2 N–H and O–H groups in total. The van der Waals surface area contributed by atoms with Gasteiger partial charge < -0.3 is 10.6 Å². The quantitative estimate of drug-likeness (QED) is 0.887. The van der Waals surface area contributed by atoms with Crippen LogP contribution in [-0.4, -0.2) is 18.1 Å². The average Bonchev–Trinajstić information content (AvgIpc) is 2.57. The van der Waals surface area contributed by atoms with E-state index in [0.717, 1.165) is 6.42 Å². The lowest BCUT2D eigenvalue weighted by molar-refractivity contribution is 0.516. The molecule has 1 aromatic carbocycles. The topological polar surface area (TPSA) is 29.3 Å². The molecule has 0 aliphatic carbocycles. The van der Waals surface area contributed by atoms with Crippen LogP contribution in [0.15, 0.2) is 18.2 Å². The number of hydrogen-bond acceptors (Lipinski definition) is 2. The Morgan fingerprint density at radius 1 is 1.39 bits per heavy atom. The molecule has 0 amide bonds. The van der Waals surface area contributed by atoms with Gasteiger partial charge in [0, 0.05) is 23.8 Å². The first-order valence-corrected chi connectivity index (χ1v) is 7.03. The molecule has 0 spiro atoms. The molecule has 100 valence electrons. The van der Waals surface area contributed by atoms with Crippen LogP contribution in [0.3, 0.4) is 0 Å². The molecule has 1 aliphatic heterocycles. The first kappa shape index (κ1) is 13.4. The van der Waals surface area contributed by atoms with Crippen molar-refractivity contribution in [3.63, 3.8) is 0 Å². The standard InChI is InChI=1S/C16H26N2/c1-12-6-7-15(14(10-12)11-13(2)17)18-9-5-8-16(18,3)4/h6-7,10,13H,5,8-9,11,17H2,1-4H3. The van der Waals surface area contributed by atoms with E-state index in [1.807, 2.05) is 0 Å². The van der Waals surface area contributed by atoms with Crippen molar-refractivity contribution in [1.82, 2.24) is 0 Å². The molecule has 1 aliphatic rings. The van der Waals surface area contributed by atoms with Crippen molar-refractivity contribution in [3.05, 3.63) is 29.3 Å². The Bertz CT molecular complexity index is 421. The maximum atomic E-state index is 5.99. The summed E-state index contributed by atoms with van der Waals surface area (Å²) in [6.07, 6.45) is 3.53. The third kappa shape index (κ3) is 2.69. The zero-order valence-corrected chi connectivity index (χ0v) is 12.2. The number of aryl methyl sites for hydroxylation is 1. The summed E-state index contributed by atoms with van der Waals surface area (Å²) in [6.45, 7) is 10.1. The number of nitrogens with zero attached hydrogens (tertiary/aromatic N) is 1. The van der Waals surface area contributed by atoms with Crippen molar-refractivity contribution >= 4 is 5.69 Å². The van der Waals surface area contributed by atoms with Crippen LogP contribution in [-0.2, 0) is 6.42 Å².